The molecule has 0 aliphatic carbocycles. The minimum atomic E-state index is -5.32. The Hall–Kier alpha value is -0.890. The fraction of sp³-hybridized carbons (Fsp3) is 0.500. The summed E-state index contributed by atoms with van der Waals surface area (Å²) in [7, 11) is -5.32. The zero-order valence-electron chi connectivity index (χ0n) is 10.5. The topological polar surface area (TPSA) is 46.2 Å². The highest BCUT2D eigenvalue weighted by atomic mass is 32.2. The van der Waals surface area contributed by atoms with E-state index >= 15 is 0 Å². The van der Waals surface area contributed by atoms with Gasteiger partial charge in [-0.25, -0.2) is 8.42 Å². The van der Waals surface area contributed by atoms with E-state index in [2.05, 4.69) is 5.32 Å². The highest BCUT2D eigenvalue weighted by Crippen LogP contribution is 2.34. The van der Waals surface area contributed by atoms with Gasteiger partial charge in [-0.1, -0.05) is 12.1 Å². The predicted octanol–water partition coefficient (Wildman–Crippen LogP) is 3.29. The monoisotopic (exact) mass is 325 g/mol. The third kappa shape index (κ3) is 3.22. The molecule has 1 aliphatic heterocycles. The predicted molar refractivity (Wildman–Crippen MR) is 73.7 cm³/mol. The van der Waals surface area contributed by atoms with Crippen LogP contribution in [0, 0.1) is 0 Å². The zero-order chi connectivity index (χ0) is 14.8. The van der Waals surface area contributed by atoms with Crippen LogP contribution in [0.4, 0.5) is 18.9 Å². The van der Waals surface area contributed by atoms with Gasteiger partial charge >= 0.3 is 5.51 Å². The van der Waals surface area contributed by atoms with Crippen molar-refractivity contribution in [2.45, 2.75) is 28.5 Å². The molecule has 1 heterocycles. The van der Waals surface area contributed by atoms with Crippen molar-refractivity contribution in [2.75, 3.05) is 17.6 Å². The van der Waals surface area contributed by atoms with Gasteiger partial charge in [0.2, 0.25) is 0 Å². The molecule has 1 aromatic carbocycles. The SMILES string of the molecule is O=S(=O)(c1ccccc1NCC1CCCS1)C(F)(F)F. The summed E-state index contributed by atoms with van der Waals surface area (Å²) in [6.07, 6.45) is 2.07. The van der Waals surface area contributed by atoms with Crippen LogP contribution in [0.25, 0.3) is 0 Å². The summed E-state index contributed by atoms with van der Waals surface area (Å²) in [5.74, 6) is 1.04. The lowest BCUT2D eigenvalue weighted by Crippen LogP contribution is -2.25. The second-order valence-corrected chi connectivity index (χ2v) is 7.78. The fourth-order valence-electron chi connectivity index (χ4n) is 2.00. The van der Waals surface area contributed by atoms with Crippen molar-refractivity contribution < 1.29 is 21.6 Å². The first kappa shape index (κ1) is 15.5. The summed E-state index contributed by atoms with van der Waals surface area (Å²) < 4.78 is 60.9. The van der Waals surface area contributed by atoms with Gasteiger partial charge in [0.25, 0.3) is 9.84 Å². The van der Waals surface area contributed by atoms with E-state index in [-0.39, 0.29) is 5.69 Å². The Morgan fingerprint density at radius 1 is 1.30 bits per heavy atom. The van der Waals surface area contributed by atoms with Crippen molar-refractivity contribution in [1.29, 1.82) is 0 Å². The largest absolute Gasteiger partial charge is 0.501 e. The van der Waals surface area contributed by atoms with Gasteiger partial charge in [-0.3, -0.25) is 0 Å². The molecule has 8 heteroatoms. The van der Waals surface area contributed by atoms with Crippen LogP contribution < -0.4 is 5.32 Å². The van der Waals surface area contributed by atoms with Gasteiger partial charge in [-0.15, -0.1) is 0 Å². The molecule has 1 unspecified atom stereocenters. The number of halogens is 3. The van der Waals surface area contributed by atoms with Gasteiger partial charge < -0.3 is 5.32 Å². The first-order chi connectivity index (χ1) is 9.32. The molecule has 112 valence electrons. The van der Waals surface area contributed by atoms with Gasteiger partial charge in [0.05, 0.1) is 10.6 Å². The standard InChI is InChI=1S/C12H14F3NO2S2/c13-12(14,15)20(17,18)11-6-2-1-5-10(11)16-8-9-4-3-7-19-9/h1-2,5-6,9,16H,3-4,7-8H2. The van der Waals surface area contributed by atoms with Gasteiger partial charge in [0.15, 0.2) is 0 Å². The number of thioether (sulfide) groups is 1. The van der Waals surface area contributed by atoms with Crippen LogP contribution in [0.1, 0.15) is 12.8 Å². The molecule has 0 amide bonds. The van der Waals surface area contributed by atoms with Crippen LogP contribution in [0.3, 0.4) is 0 Å². The minimum absolute atomic E-state index is 0.0114. The maximum atomic E-state index is 12.6. The quantitative estimate of drug-likeness (QED) is 0.923. The van der Waals surface area contributed by atoms with Gasteiger partial charge in [-0.05, 0) is 30.7 Å². The summed E-state index contributed by atoms with van der Waals surface area (Å²) in [6.45, 7) is 0.467. The van der Waals surface area contributed by atoms with Crippen molar-refractivity contribution in [3.8, 4) is 0 Å². The number of sulfone groups is 1. The Bertz CT molecular complexity index is 566. The van der Waals surface area contributed by atoms with Crippen molar-refractivity contribution in [2.24, 2.45) is 0 Å². The van der Waals surface area contributed by atoms with E-state index in [1.54, 1.807) is 11.8 Å². The van der Waals surface area contributed by atoms with Crippen LogP contribution in [0.2, 0.25) is 0 Å². The van der Waals surface area contributed by atoms with E-state index in [0.717, 1.165) is 24.7 Å². The molecular weight excluding hydrogens is 311 g/mol. The molecule has 2 rings (SSSR count). The summed E-state index contributed by atoms with van der Waals surface area (Å²) in [4.78, 5) is -0.713. The lowest BCUT2D eigenvalue weighted by Gasteiger charge is -2.16. The summed E-state index contributed by atoms with van der Waals surface area (Å²) in [5, 5.41) is 3.15. The molecule has 0 saturated carbocycles. The van der Waals surface area contributed by atoms with Crippen molar-refractivity contribution >= 4 is 27.3 Å². The summed E-state index contributed by atoms with van der Waals surface area (Å²) in [5.41, 5.74) is -5.27. The normalized spacial score (nSPS) is 20.1. The number of alkyl halides is 3. The van der Waals surface area contributed by atoms with Gasteiger partial charge in [0.1, 0.15) is 0 Å². The maximum Gasteiger partial charge on any atom is 0.501 e. The molecule has 1 N–H and O–H groups in total. The Kier molecular flexibility index (Phi) is 4.53. The molecule has 0 radical (unpaired) electrons. The number of hydrogen-bond acceptors (Lipinski definition) is 4. The van der Waals surface area contributed by atoms with Crippen LogP contribution in [-0.2, 0) is 9.84 Å². The molecule has 1 aromatic rings. The lowest BCUT2D eigenvalue weighted by molar-refractivity contribution is -0.0435. The lowest BCUT2D eigenvalue weighted by atomic mass is 10.2. The van der Waals surface area contributed by atoms with E-state index in [1.807, 2.05) is 0 Å². The molecule has 3 nitrogen and oxygen atoms in total. The molecular formula is C12H14F3NO2S2. The van der Waals surface area contributed by atoms with Crippen LogP contribution in [0.5, 0.6) is 0 Å². The van der Waals surface area contributed by atoms with Gasteiger partial charge in [-0.2, -0.15) is 24.9 Å². The van der Waals surface area contributed by atoms with Crippen molar-refractivity contribution in [3.63, 3.8) is 0 Å². The van der Waals surface area contributed by atoms with E-state index in [0.29, 0.717) is 11.8 Å². The van der Waals surface area contributed by atoms with Crippen LogP contribution >= 0.6 is 11.8 Å². The Morgan fingerprint density at radius 2 is 2.00 bits per heavy atom. The average Bonchev–Trinajstić information content (AvgIpc) is 2.88. The highest BCUT2D eigenvalue weighted by Gasteiger charge is 2.47. The number of hydrogen-bond donors (Lipinski definition) is 1. The summed E-state index contributed by atoms with van der Waals surface area (Å²) >= 11 is 1.75. The number of benzene rings is 1. The number of nitrogens with one attached hydrogen (secondary N) is 1. The first-order valence-corrected chi connectivity index (χ1v) is 8.61. The third-order valence-electron chi connectivity index (χ3n) is 3.03. The smallest absolute Gasteiger partial charge is 0.383 e. The van der Waals surface area contributed by atoms with E-state index in [4.69, 9.17) is 0 Å². The Balaban J connectivity index is 2.22. The van der Waals surface area contributed by atoms with E-state index < -0.39 is 20.2 Å². The van der Waals surface area contributed by atoms with Crippen LogP contribution in [0.15, 0.2) is 29.2 Å². The van der Waals surface area contributed by atoms with E-state index in [9.17, 15) is 21.6 Å². The van der Waals surface area contributed by atoms with Crippen LogP contribution in [-0.4, -0.2) is 31.5 Å². The average molecular weight is 325 g/mol. The van der Waals surface area contributed by atoms with Gasteiger partial charge in [0, 0.05) is 11.8 Å². The molecule has 0 aromatic heterocycles. The minimum Gasteiger partial charge on any atom is -0.383 e. The molecule has 1 aliphatic rings. The summed E-state index contributed by atoms with van der Waals surface area (Å²) in [6, 6.07) is 5.14. The molecule has 1 fully saturated rings. The molecule has 0 spiro atoms. The fourth-order valence-corrected chi connectivity index (χ4v) is 4.14. The Labute approximate surface area is 119 Å². The number of rotatable bonds is 4. The maximum absolute atomic E-state index is 12.6. The molecule has 20 heavy (non-hydrogen) atoms. The van der Waals surface area contributed by atoms with Crippen molar-refractivity contribution in [3.05, 3.63) is 24.3 Å². The van der Waals surface area contributed by atoms with Crippen molar-refractivity contribution in [1.82, 2.24) is 0 Å². The highest BCUT2D eigenvalue weighted by molar-refractivity contribution is 8.00. The molecule has 1 saturated heterocycles. The first-order valence-electron chi connectivity index (χ1n) is 6.08. The second-order valence-electron chi connectivity index (χ2n) is 4.46. The number of anilines is 1. The second kappa shape index (κ2) is 5.85. The third-order valence-corrected chi connectivity index (χ3v) is 5.97. The zero-order valence-corrected chi connectivity index (χ0v) is 12.1. The number of para-hydroxylation sites is 1. The molecule has 0 bridgehead atoms. The Morgan fingerprint density at radius 3 is 2.60 bits per heavy atom. The van der Waals surface area contributed by atoms with E-state index in [1.165, 1.54) is 18.2 Å². The molecule has 1 atom stereocenters.